The summed E-state index contributed by atoms with van der Waals surface area (Å²) in [5, 5.41) is 13.4. The number of nitro benzene ring substituents is 1. The van der Waals surface area contributed by atoms with Crippen molar-refractivity contribution in [3.63, 3.8) is 0 Å². The van der Waals surface area contributed by atoms with Crippen molar-refractivity contribution in [3.8, 4) is 0 Å². The molecule has 1 aliphatic heterocycles. The predicted octanol–water partition coefficient (Wildman–Crippen LogP) is 3.08. The van der Waals surface area contributed by atoms with Crippen LogP contribution >= 0.6 is 0 Å². The quantitative estimate of drug-likeness (QED) is 0.529. The van der Waals surface area contributed by atoms with Crippen molar-refractivity contribution < 1.29 is 31.3 Å². The maximum atomic E-state index is 13.5. The minimum Gasteiger partial charge on any atom is -0.368 e. The van der Waals surface area contributed by atoms with Crippen molar-refractivity contribution in [1.82, 2.24) is 4.31 Å². The molecule has 0 atom stereocenters. The first-order chi connectivity index (χ1) is 14.9. The van der Waals surface area contributed by atoms with Crippen molar-refractivity contribution in [3.05, 3.63) is 58.1 Å². The monoisotopic (exact) mass is 472 g/mol. The minimum atomic E-state index is -4.81. The van der Waals surface area contributed by atoms with Crippen LogP contribution in [0.4, 0.5) is 30.2 Å². The highest BCUT2D eigenvalue weighted by Crippen LogP contribution is 2.39. The zero-order valence-electron chi connectivity index (χ0n) is 16.8. The molecule has 3 rings (SSSR count). The molecule has 1 N–H and O–H groups in total. The van der Waals surface area contributed by atoms with E-state index in [2.05, 4.69) is 5.32 Å². The maximum Gasteiger partial charge on any atom is 0.418 e. The molecule has 13 heteroatoms. The molecule has 9 nitrogen and oxygen atoms in total. The fourth-order valence-corrected chi connectivity index (χ4v) is 4.79. The largest absolute Gasteiger partial charge is 0.418 e. The number of nitrogens with zero attached hydrogens (tertiary/aromatic N) is 3. The van der Waals surface area contributed by atoms with Gasteiger partial charge in [0.1, 0.15) is 0 Å². The van der Waals surface area contributed by atoms with Crippen LogP contribution in [0.15, 0.2) is 47.4 Å². The first kappa shape index (κ1) is 23.5. The summed E-state index contributed by atoms with van der Waals surface area (Å²) >= 11 is 0. The second-order valence-electron chi connectivity index (χ2n) is 7.05. The molecule has 0 aliphatic carbocycles. The molecule has 2 aromatic rings. The number of alkyl halides is 3. The van der Waals surface area contributed by atoms with Gasteiger partial charge in [-0.25, -0.2) is 8.42 Å². The lowest BCUT2D eigenvalue weighted by Crippen LogP contribution is -2.49. The predicted molar refractivity (Wildman–Crippen MR) is 110 cm³/mol. The van der Waals surface area contributed by atoms with Gasteiger partial charge in [0, 0.05) is 56.6 Å². The molecule has 32 heavy (non-hydrogen) atoms. The first-order valence-corrected chi connectivity index (χ1v) is 10.8. The van der Waals surface area contributed by atoms with E-state index >= 15 is 0 Å². The summed E-state index contributed by atoms with van der Waals surface area (Å²) in [5.74, 6) is -0.304. The second kappa shape index (κ2) is 8.74. The molecule has 172 valence electrons. The molecule has 1 aliphatic rings. The Kier molecular flexibility index (Phi) is 6.41. The van der Waals surface area contributed by atoms with E-state index in [0.29, 0.717) is 11.8 Å². The molecule has 0 radical (unpaired) electrons. The topological polar surface area (TPSA) is 113 Å². The average molecular weight is 472 g/mol. The molecular weight excluding hydrogens is 453 g/mol. The van der Waals surface area contributed by atoms with Gasteiger partial charge in [-0.2, -0.15) is 17.5 Å². The van der Waals surface area contributed by atoms with E-state index in [0.717, 1.165) is 16.4 Å². The summed E-state index contributed by atoms with van der Waals surface area (Å²) in [6.07, 6.45) is -4.81. The number of nitro groups is 1. The number of halogens is 3. The zero-order chi connectivity index (χ0) is 23.7. The van der Waals surface area contributed by atoms with Gasteiger partial charge in [0.05, 0.1) is 15.4 Å². The highest BCUT2D eigenvalue weighted by Gasteiger charge is 2.38. The Hall–Kier alpha value is -3.19. The Morgan fingerprint density at radius 3 is 2.16 bits per heavy atom. The van der Waals surface area contributed by atoms with E-state index in [4.69, 9.17) is 0 Å². The first-order valence-electron chi connectivity index (χ1n) is 9.38. The molecule has 0 spiro atoms. The zero-order valence-corrected chi connectivity index (χ0v) is 17.6. The highest BCUT2D eigenvalue weighted by molar-refractivity contribution is 7.89. The summed E-state index contributed by atoms with van der Waals surface area (Å²) in [5.41, 5.74) is -1.62. The molecule has 1 saturated heterocycles. The molecule has 1 fully saturated rings. The third kappa shape index (κ3) is 4.99. The van der Waals surface area contributed by atoms with Crippen molar-refractivity contribution in [1.29, 1.82) is 0 Å². The highest BCUT2D eigenvalue weighted by atomic mass is 32.2. The van der Waals surface area contributed by atoms with Gasteiger partial charge < -0.3 is 10.2 Å². The summed E-state index contributed by atoms with van der Waals surface area (Å²) < 4.78 is 67.3. The van der Waals surface area contributed by atoms with Gasteiger partial charge in [-0.1, -0.05) is 0 Å². The molecule has 2 aromatic carbocycles. The van der Waals surface area contributed by atoms with Crippen LogP contribution in [0.1, 0.15) is 12.5 Å². The van der Waals surface area contributed by atoms with E-state index in [9.17, 15) is 36.5 Å². The molecule has 1 heterocycles. The van der Waals surface area contributed by atoms with Crippen molar-refractivity contribution in [2.24, 2.45) is 0 Å². The van der Waals surface area contributed by atoms with Crippen LogP contribution in [0, 0.1) is 10.1 Å². The molecule has 0 aromatic heterocycles. The van der Waals surface area contributed by atoms with E-state index in [1.807, 2.05) is 0 Å². The summed E-state index contributed by atoms with van der Waals surface area (Å²) in [7, 11) is -3.89. The van der Waals surface area contributed by atoms with Gasteiger partial charge in [0.2, 0.25) is 15.9 Å². The lowest BCUT2D eigenvalue weighted by Gasteiger charge is -2.36. The maximum absolute atomic E-state index is 13.5. The minimum absolute atomic E-state index is 0.00799. The number of carbonyl (C=O) groups is 1. The van der Waals surface area contributed by atoms with E-state index in [1.54, 1.807) is 0 Å². The smallest absolute Gasteiger partial charge is 0.368 e. The number of rotatable bonds is 5. The van der Waals surface area contributed by atoms with E-state index < -0.39 is 32.4 Å². The Morgan fingerprint density at radius 1 is 1.06 bits per heavy atom. The van der Waals surface area contributed by atoms with Crippen LogP contribution in [0.2, 0.25) is 0 Å². The van der Waals surface area contributed by atoms with Gasteiger partial charge in [-0.3, -0.25) is 14.9 Å². The van der Waals surface area contributed by atoms with Crippen LogP contribution in [-0.2, 0) is 21.0 Å². The Bertz CT molecular complexity index is 1130. The molecule has 0 unspecified atom stereocenters. The number of benzene rings is 2. The fraction of sp³-hybridized carbons (Fsp3) is 0.316. The SMILES string of the molecule is CC(=O)Nc1ccc(S(=O)(=O)N2CCN(c3ccc([N+](=O)[O-])cc3C(F)(F)F)CC2)cc1. The Morgan fingerprint density at radius 2 is 1.66 bits per heavy atom. The normalized spacial score (nSPS) is 15.4. The number of hydrogen-bond acceptors (Lipinski definition) is 6. The van der Waals surface area contributed by atoms with Gasteiger partial charge in [0.25, 0.3) is 5.69 Å². The van der Waals surface area contributed by atoms with Gasteiger partial charge in [-0.05, 0) is 30.3 Å². The standard InChI is InChI=1S/C19H19F3N4O5S/c1-13(27)23-14-2-5-16(6-3-14)32(30,31)25-10-8-24(9-11-25)18-7-4-15(26(28)29)12-17(18)19(20,21)22/h2-7,12H,8-11H2,1H3,(H,23,27). The van der Waals surface area contributed by atoms with E-state index in [-0.39, 0.29) is 42.7 Å². The van der Waals surface area contributed by atoms with Crippen LogP contribution in [0.5, 0.6) is 0 Å². The number of carbonyl (C=O) groups excluding carboxylic acids is 1. The number of amides is 1. The number of hydrogen-bond donors (Lipinski definition) is 1. The van der Waals surface area contributed by atoms with Crippen molar-refractivity contribution in [2.45, 2.75) is 18.0 Å². The summed E-state index contributed by atoms with van der Waals surface area (Å²) in [4.78, 5) is 22.4. The number of non-ortho nitro benzene ring substituents is 1. The lowest BCUT2D eigenvalue weighted by molar-refractivity contribution is -0.385. The average Bonchev–Trinajstić information content (AvgIpc) is 2.72. The number of sulfonamides is 1. The number of anilines is 2. The second-order valence-corrected chi connectivity index (χ2v) is 8.99. The van der Waals surface area contributed by atoms with Crippen LogP contribution in [0.3, 0.4) is 0 Å². The van der Waals surface area contributed by atoms with Crippen LogP contribution in [-0.4, -0.2) is 49.7 Å². The molecule has 1 amide bonds. The lowest BCUT2D eigenvalue weighted by atomic mass is 10.1. The Labute approximate surface area is 181 Å². The fourth-order valence-electron chi connectivity index (χ4n) is 3.37. The van der Waals surface area contributed by atoms with Crippen molar-refractivity contribution >= 4 is 33.0 Å². The van der Waals surface area contributed by atoms with Crippen molar-refractivity contribution in [2.75, 3.05) is 36.4 Å². The van der Waals surface area contributed by atoms with Gasteiger partial charge in [-0.15, -0.1) is 0 Å². The Balaban J connectivity index is 1.77. The molecular formula is C19H19F3N4O5S. The molecule has 0 saturated carbocycles. The molecule has 0 bridgehead atoms. The van der Waals surface area contributed by atoms with Gasteiger partial charge in [0.15, 0.2) is 0 Å². The summed E-state index contributed by atoms with van der Waals surface area (Å²) in [6, 6.07) is 8.06. The van der Waals surface area contributed by atoms with Crippen LogP contribution in [0.25, 0.3) is 0 Å². The number of nitrogens with one attached hydrogen (secondary N) is 1. The van der Waals surface area contributed by atoms with E-state index in [1.165, 1.54) is 36.1 Å². The van der Waals surface area contributed by atoms with Crippen LogP contribution < -0.4 is 10.2 Å². The third-order valence-corrected chi connectivity index (χ3v) is 6.80. The third-order valence-electron chi connectivity index (χ3n) is 4.89. The van der Waals surface area contributed by atoms with Gasteiger partial charge >= 0.3 is 6.18 Å². The summed E-state index contributed by atoms with van der Waals surface area (Å²) in [6.45, 7) is 1.14. The number of piperazine rings is 1.